The predicted octanol–water partition coefficient (Wildman–Crippen LogP) is 3.25. The number of urea groups is 1. The van der Waals surface area contributed by atoms with Gasteiger partial charge in [0.2, 0.25) is 0 Å². The molecule has 0 spiro atoms. The van der Waals surface area contributed by atoms with E-state index in [1.165, 1.54) is 10.7 Å². The van der Waals surface area contributed by atoms with Crippen molar-refractivity contribution in [1.29, 1.82) is 0 Å². The molecule has 0 saturated carbocycles. The Kier molecular flexibility index (Phi) is 5.88. The van der Waals surface area contributed by atoms with Gasteiger partial charge in [-0.05, 0) is 31.2 Å². The monoisotopic (exact) mass is 460 g/mol. The van der Waals surface area contributed by atoms with Gasteiger partial charge in [-0.3, -0.25) is 9.48 Å². The quantitative estimate of drug-likeness (QED) is 0.651. The molecule has 0 bridgehead atoms. The van der Waals surface area contributed by atoms with E-state index in [0.717, 1.165) is 12.3 Å². The summed E-state index contributed by atoms with van der Waals surface area (Å²) in [6.07, 6.45) is -3.62. The molecular weight excluding hydrogens is 437 g/mol. The largest absolute Gasteiger partial charge is 0.417 e. The number of rotatable bonds is 3. The SMILES string of the molecule is Cc1c(NC(=O)N2CCN(c3ccc(C(F)(F)F)cn3)CC2)c(=O)n(-c2ccccc2)n1C. The van der Waals surface area contributed by atoms with Crippen molar-refractivity contribution in [3.63, 3.8) is 0 Å². The summed E-state index contributed by atoms with van der Waals surface area (Å²) in [7, 11) is 1.75. The van der Waals surface area contributed by atoms with Crippen LogP contribution in [0.3, 0.4) is 0 Å². The molecule has 0 aliphatic carbocycles. The van der Waals surface area contributed by atoms with Crippen molar-refractivity contribution in [3.8, 4) is 5.69 Å². The van der Waals surface area contributed by atoms with Crippen LogP contribution in [0.2, 0.25) is 0 Å². The van der Waals surface area contributed by atoms with E-state index in [0.29, 0.717) is 43.4 Å². The summed E-state index contributed by atoms with van der Waals surface area (Å²) in [4.78, 5) is 33.1. The second kappa shape index (κ2) is 8.64. The van der Waals surface area contributed by atoms with Crippen LogP contribution in [0.25, 0.3) is 5.69 Å². The van der Waals surface area contributed by atoms with Gasteiger partial charge < -0.3 is 15.1 Å². The molecule has 0 atom stereocenters. The Labute approximate surface area is 187 Å². The first-order valence-corrected chi connectivity index (χ1v) is 10.3. The Morgan fingerprint density at radius 1 is 1.03 bits per heavy atom. The van der Waals surface area contributed by atoms with Gasteiger partial charge in [-0.15, -0.1) is 0 Å². The molecule has 4 rings (SSSR count). The minimum absolute atomic E-state index is 0.207. The van der Waals surface area contributed by atoms with Crippen molar-refractivity contribution in [2.24, 2.45) is 7.05 Å². The summed E-state index contributed by atoms with van der Waals surface area (Å²) in [5.41, 5.74) is 0.375. The van der Waals surface area contributed by atoms with Crippen molar-refractivity contribution in [1.82, 2.24) is 19.2 Å². The third kappa shape index (κ3) is 4.43. The van der Waals surface area contributed by atoms with Gasteiger partial charge >= 0.3 is 12.2 Å². The second-order valence-electron chi connectivity index (χ2n) is 7.74. The van der Waals surface area contributed by atoms with E-state index >= 15 is 0 Å². The fourth-order valence-electron chi connectivity index (χ4n) is 3.78. The number of piperazine rings is 1. The molecule has 1 fully saturated rings. The number of para-hydroxylation sites is 1. The van der Waals surface area contributed by atoms with Crippen LogP contribution in [-0.4, -0.2) is 51.5 Å². The molecule has 2 amide bonds. The van der Waals surface area contributed by atoms with Gasteiger partial charge in [0.15, 0.2) is 0 Å². The molecule has 1 saturated heterocycles. The lowest BCUT2D eigenvalue weighted by Crippen LogP contribution is -2.50. The number of halogens is 3. The molecule has 174 valence electrons. The highest BCUT2D eigenvalue weighted by Gasteiger charge is 2.31. The van der Waals surface area contributed by atoms with Crippen LogP contribution in [-0.2, 0) is 13.2 Å². The van der Waals surface area contributed by atoms with E-state index in [1.807, 2.05) is 23.1 Å². The topological polar surface area (TPSA) is 75.4 Å². The normalized spacial score (nSPS) is 14.5. The van der Waals surface area contributed by atoms with Crippen molar-refractivity contribution in [3.05, 3.63) is 70.3 Å². The molecule has 8 nitrogen and oxygen atoms in total. The van der Waals surface area contributed by atoms with Crippen molar-refractivity contribution < 1.29 is 18.0 Å². The van der Waals surface area contributed by atoms with Gasteiger partial charge in [0.05, 0.1) is 16.9 Å². The first-order chi connectivity index (χ1) is 15.7. The van der Waals surface area contributed by atoms with Crippen LogP contribution in [0.15, 0.2) is 53.5 Å². The molecule has 0 unspecified atom stereocenters. The lowest BCUT2D eigenvalue weighted by Gasteiger charge is -2.35. The standard InChI is InChI=1S/C22H23F3N6O2/c1-15-19(20(32)31(28(15)2)17-6-4-3-5-7-17)27-21(33)30-12-10-29(11-13-30)18-9-8-16(14-26-18)22(23,24)25/h3-9,14H,10-13H2,1-2H3,(H,27,33). The van der Waals surface area contributed by atoms with E-state index < -0.39 is 17.8 Å². The maximum atomic E-state index is 13.0. The predicted molar refractivity (Wildman–Crippen MR) is 118 cm³/mol. The minimum Gasteiger partial charge on any atom is -0.353 e. The van der Waals surface area contributed by atoms with Crippen LogP contribution in [0.4, 0.5) is 29.5 Å². The second-order valence-corrected chi connectivity index (χ2v) is 7.74. The lowest BCUT2D eigenvalue weighted by atomic mass is 10.2. The number of hydrogen-bond acceptors (Lipinski definition) is 4. The molecule has 1 aromatic carbocycles. The summed E-state index contributed by atoms with van der Waals surface area (Å²) in [6.45, 7) is 3.26. The summed E-state index contributed by atoms with van der Waals surface area (Å²) in [5, 5.41) is 2.73. The van der Waals surface area contributed by atoms with Gasteiger partial charge in [-0.25, -0.2) is 14.5 Å². The molecule has 33 heavy (non-hydrogen) atoms. The Bertz CT molecular complexity index is 1190. The number of nitrogens with one attached hydrogen (secondary N) is 1. The van der Waals surface area contributed by atoms with Crippen LogP contribution < -0.4 is 15.8 Å². The Morgan fingerprint density at radius 2 is 1.70 bits per heavy atom. The molecule has 3 heterocycles. The number of anilines is 2. The highest BCUT2D eigenvalue weighted by Crippen LogP contribution is 2.29. The Hall–Kier alpha value is -3.76. The van der Waals surface area contributed by atoms with Gasteiger partial charge in [0.25, 0.3) is 5.56 Å². The van der Waals surface area contributed by atoms with E-state index in [2.05, 4.69) is 10.3 Å². The van der Waals surface area contributed by atoms with E-state index in [1.54, 1.807) is 35.7 Å². The van der Waals surface area contributed by atoms with Crippen LogP contribution in [0, 0.1) is 6.92 Å². The number of amides is 2. The molecule has 1 aliphatic heterocycles. The van der Waals surface area contributed by atoms with Crippen LogP contribution in [0.1, 0.15) is 11.3 Å². The average Bonchev–Trinajstić information content (AvgIpc) is 3.02. The zero-order chi connectivity index (χ0) is 23.8. The average molecular weight is 460 g/mol. The van der Waals surface area contributed by atoms with E-state index in [4.69, 9.17) is 0 Å². The van der Waals surface area contributed by atoms with Crippen molar-refractivity contribution >= 4 is 17.5 Å². The number of alkyl halides is 3. The minimum atomic E-state index is -4.43. The Balaban J connectivity index is 1.43. The van der Waals surface area contributed by atoms with Gasteiger partial charge in [-0.2, -0.15) is 13.2 Å². The van der Waals surface area contributed by atoms with E-state index in [-0.39, 0.29) is 11.2 Å². The third-order valence-corrected chi connectivity index (χ3v) is 5.75. The molecular formula is C22H23F3N6O2. The smallest absolute Gasteiger partial charge is 0.353 e. The molecule has 2 aromatic heterocycles. The molecule has 3 aromatic rings. The van der Waals surface area contributed by atoms with Crippen molar-refractivity contribution in [2.45, 2.75) is 13.1 Å². The first kappa shape index (κ1) is 22.4. The van der Waals surface area contributed by atoms with Crippen molar-refractivity contribution in [2.75, 3.05) is 36.4 Å². The molecule has 0 radical (unpaired) electrons. The van der Waals surface area contributed by atoms with Gasteiger partial charge in [0, 0.05) is 39.4 Å². The molecule has 1 N–H and O–H groups in total. The zero-order valence-corrected chi connectivity index (χ0v) is 18.1. The number of carbonyl (C=O) groups excluding carboxylic acids is 1. The number of pyridine rings is 1. The van der Waals surface area contributed by atoms with Gasteiger partial charge in [-0.1, -0.05) is 18.2 Å². The van der Waals surface area contributed by atoms with Crippen LogP contribution in [0.5, 0.6) is 0 Å². The number of aromatic nitrogens is 3. The van der Waals surface area contributed by atoms with E-state index in [9.17, 15) is 22.8 Å². The highest BCUT2D eigenvalue weighted by molar-refractivity contribution is 5.90. The number of carbonyl (C=O) groups is 1. The molecule has 11 heteroatoms. The fourth-order valence-corrected chi connectivity index (χ4v) is 3.78. The van der Waals surface area contributed by atoms with Crippen LogP contribution >= 0.6 is 0 Å². The maximum absolute atomic E-state index is 13.0. The maximum Gasteiger partial charge on any atom is 0.417 e. The van der Waals surface area contributed by atoms with Gasteiger partial charge in [0.1, 0.15) is 11.5 Å². The summed E-state index contributed by atoms with van der Waals surface area (Å²) in [6, 6.07) is 11.0. The highest BCUT2D eigenvalue weighted by atomic mass is 19.4. The third-order valence-electron chi connectivity index (χ3n) is 5.75. The summed E-state index contributed by atoms with van der Waals surface area (Å²) in [5.74, 6) is 0.424. The fraction of sp³-hybridized carbons (Fsp3) is 0.318. The number of nitrogens with zero attached hydrogens (tertiary/aromatic N) is 5. The zero-order valence-electron chi connectivity index (χ0n) is 18.1. The first-order valence-electron chi connectivity index (χ1n) is 10.3. The lowest BCUT2D eigenvalue weighted by molar-refractivity contribution is -0.137. The number of hydrogen-bond donors (Lipinski definition) is 1. The molecule has 1 aliphatic rings. The summed E-state index contributed by atoms with van der Waals surface area (Å²) >= 11 is 0. The number of benzene rings is 1. The summed E-state index contributed by atoms with van der Waals surface area (Å²) < 4.78 is 41.4. The Morgan fingerprint density at radius 3 is 2.27 bits per heavy atom.